The standard InChI is InChI=1S/C10H20N4/c1-5-9(8-11)10(12-2)13-6-7-14(3)4/h12-13H,5-7H2,1-4H3/b10-9-. The minimum absolute atomic E-state index is 0.752. The van der Waals surface area contributed by atoms with Gasteiger partial charge in [0.15, 0.2) is 0 Å². The van der Waals surface area contributed by atoms with E-state index in [1.54, 1.807) is 0 Å². The number of rotatable bonds is 6. The van der Waals surface area contributed by atoms with Crippen LogP contribution >= 0.6 is 0 Å². The first-order chi connectivity index (χ1) is 6.65. The van der Waals surface area contributed by atoms with Crippen molar-refractivity contribution in [3.05, 3.63) is 11.4 Å². The Kier molecular flexibility index (Phi) is 6.59. The highest BCUT2D eigenvalue weighted by Gasteiger charge is 2.01. The molecule has 0 aliphatic rings. The Morgan fingerprint density at radius 1 is 1.43 bits per heavy atom. The van der Waals surface area contributed by atoms with Gasteiger partial charge in [0.25, 0.3) is 0 Å². The third-order valence-corrected chi connectivity index (χ3v) is 1.90. The Morgan fingerprint density at radius 3 is 2.43 bits per heavy atom. The largest absolute Gasteiger partial charge is 0.374 e. The second kappa shape index (κ2) is 7.22. The van der Waals surface area contributed by atoms with Gasteiger partial charge in [0, 0.05) is 20.1 Å². The number of nitrogens with zero attached hydrogens (tertiary/aromatic N) is 2. The van der Waals surface area contributed by atoms with Gasteiger partial charge in [0.1, 0.15) is 5.82 Å². The number of hydrogen-bond donors (Lipinski definition) is 2. The molecular formula is C10H20N4. The molecule has 0 unspecified atom stereocenters. The zero-order valence-electron chi connectivity index (χ0n) is 9.52. The van der Waals surface area contributed by atoms with Gasteiger partial charge in [-0.15, -0.1) is 0 Å². The van der Waals surface area contributed by atoms with Crippen molar-refractivity contribution in [2.45, 2.75) is 13.3 Å². The lowest BCUT2D eigenvalue weighted by Gasteiger charge is -2.14. The maximum atomic E-state index is 8.84. The van der Waals surface area contributed by atoms with Crippen molar-refractivity contribution in [1.82, 2.24) is 15.5 Å². The van der Waals surface area contributed by atoms with Crippen molar-refractivity contribution in [2.75, 3.05) is 34.2 Å². The molecule has 2 N–H and O–H groups in total. The van der Waals surface area contributed by atoms with Crippen molar-refractivity contribution < 1.29 is 0 Å². The van der Waals surface area contributed by atoms with Crippen LogP contribution in [0.3, 0.4) is 0 Å². The van der Waals surface area contributed by atoms with E-state index in [-0.39, 0.29) is 0 Å². The summed E-state index contributed by atoms with van der Waals surface area (Å²) in [5, 5.41) is 15.1. The minimum Gasteiger partial charge on any atom is -0.374 e. The van der Waals surface area contributed by atoms with Gasteiger partial charge in [0.2, 0.25) is 0 Å². The molecule has 0 heterocycles. The molecule has 80 valence electrons. The summed E-state index contributed by atoms with van der Waals surface area (Å²) in [5.41, 5.74) is 0.770. The quantitative estimate of drug-likeness (QED) is 0.607. The highest BCUT2D eigenvalue weighted by Crippen LogP contribution is 2.01. The van der Waals surface area contributed by atoms with Crippen LogP contribution < -0.4 is 10.6 Å². The van der Waals surface area contributed by atoms with Gasteiger partial charge in [0.05, 0.1) is 11.6 Å². The maximum Gasteiger partial charge on any atom is 0.112 e. The van der Waals surface area contributed by atoms with Crippen molar-refractivity contribution in [3.8, 4) is 6.07 Å². The van der Waals surface area contributed by atoms with Gasteiger partial charge in [-0.1, -0.05) is 6.92 Å². The molecule has 0 bridgehead atoms. The molecule has 0 aromatic carbocycles. The summed E-state index contributed by atoms with van der Waals surface area (Å²) < 4.78 is 0. The Hall–Kier alpha value is -1.21. The van der Waals surface area contributed by atoms with Crippen LogP contribution in [0.1, 0.15) is 13.3 Å². The lowest BCUT2D eigenvalue weighted by atomic mass is 10.2. The number of likely N-dealkylation sites (N-methyl/N-ethyl adjacent to an activating group) is 1. The van der Waals surface area contributed by atoms with Crippen LogP contribution in [0.4, 0.5) is 0 Å². The van der Waals surface area contributed by atoms with Crippen LogP contribution in [-0.2, 0) is 0 Å². The summed E-state index contributed by atoms with van der Waals surface area (Å²) in [5.74, 6) is 0.844. The van der Waals surface area contributed by atoms with Crippen LogP contribution in [0.5, 0.6) is 0 Å². The van der Waals surface area contributed by atoms with Gasteiger partial charge in [-0.25, -0.2) is 0 Å². The molecule has 0 spiro atoms. The summed E-state index contributed by atoms with van der Waals surface area (Å²) in [6.45, 7) is 3.77. The van der Waals surface area contributed by atoms with Crippen LogP contribution in [0.15, 0.2) is 11.4 Å². The van der Waals surface area contributed by atoms with E-state index in [4.69, 9.17) is 5.26 Å². The fourth-order valence-electron chi connectivity index (χ4n) is 1.06. The van der Waals surface area contributed by atoms with Crippen LogP contribution in [0.25, 0.3) is 0 Å². The van der Waals surface area contributed by atoms with E-state index in [1.807, 2.05) is 28.1 Å². The zero-order chi connectivity index (χ0) is 11.0. The van der Waals surface area contributed by atoms with E-state index in [1.165, 1.54) is 0 Å². The first-order valence-corrected chi connectivity index (χ1v) is 4.85. The maximum absolute atomic E-state index is 8.84. The second-order valence-electron chi connectivity index (χ2n) is 3.30. The summed E-state index contributed by atoms with van der Waals surface area (Å²) in [7, 11) is 5.87. The average molecular weight is 196 g/mol. The van der Waals surface area contributed by atoms with Crippen LogP contribution in [0, 0.1) is 11.3 Å². The third kappa shape index (κ3) is 4.73. The molecule has 0 amide bonds. The molecule has 4 heteroatoms. The lowest BCUT2D eigenvalue weighted by molar-refractivity contribution is 0.405. The van der Waals surface area contributed by atoms with Gasteiger partial charge in [-0.3, -0.25) is 0 Å². The molecule has 0 rings (SSSR count). The first kappa shape index (κ1) is 12.8. The smallest absolute Gasteiger partial charge is 0.112 e. The van der Waals surface area contributed by atoms with Crippen molar-refractivity contribution in [3.63, 3.8) is 0 Å². The highest BCUT2D eigenvalue weighted by atomic mass is 15.1. The molecule has 0 aliphatic heterocycles. The predicted octanol–water partition coefficient (Wildman–Crippen LogP) is 0.502. The molecule has 0 saturated carbocycles. The van der Waals surface area contributed by atoms with Gasteiger partial charge < -0.3 is 15.5 Å². The van der Waals surface area contributed by atoms with Gasteiger partial charge >= 0.3 is 0 Å². The van der Waals surface area contributed by atoms with Gasteiger partial charge in [-0.2, -0.15) is 5.26 Å². The SMILES string of the molecule is CC/C(C#N)=C(\NC)NCCN(C)C. The molecule has 4 nitrogen and oxygen atoms in total. The van der Waals surface area contributed by atoms with Crippen LogP contribution in [-0.4, -0.2) is 39.1 Å². The number of hydrogen-bond acceptors (Lipinski definition) is 4. The van der Waals surface area contributed by atoms with Crippen molar-refractivity contribution in [2.24, 2.45) is 0 Å². The highest BCUT2D eigenvalue weighted by molar-refractivity contribution is 5.25. The molecule has 14 heavy (non-hydrogen) atoms. The Bertz CT molecular complexity index is 225. The van der Waals surface area contributed by atoms with E-state index in [0.29, 0.717) is 0 Å². The molecule has 0 atom stereocenters. The Balaban J connectivity index is 4.15. The van der Waals surface area contributed by atoms with E-state index in [0.717, 1.165) is 30.9 Å². The molecule has 0 radical (unpaired) electrons. The van der Waals surface area contributed by atoms with Crippen LogP contribution in [0.2, 0.25) is 0 Å². The molecule has 0 aromatic rings. The number of nitrogens with one attached hydrogen (secondary N) is 2. The summed E-state index contributed by atoms with van der Waals surface area (Å²) in [6, 6.07) is 2.18. The van der Waals surface area contributed by atoms with Gasteiger partial charge in [-0.05, 0) is 20.5 Å². The first-order valence-electron chi connectivity index (χ1n) is 4.85. The molecule has 0 fully saturated rings. The fraction of sp³-hybridized carbons (Fsp3) is 0.700. The van der Waals surface area contributed by atoms with E-state index < -0.39 is 0 Å². The van der Waals surface area contributed by atoms with E-state index in [2.05, 4.69) is 21.6 Å². The Labute approximate surface area is 86.6 Å². The molecule has 0 aromatic heterocycles. The van der Waals surface area contributed by atoms with E-state index in [9.17, 15) is 0 Å². The lowest BCUT2D eigenvalue weighted by Crippen LogP contribution is -2.31. The summed E-state index contributed by atoms with van der Waals surface area (Å²) in [6.07, 6.45) is 0.752. The average Bonchev–Trinajstić information content (AvgIpc) is 2.16. The van der Waals surface area contributed by atoms with E-state index >= 15 is 0 Å². The third-order valence-electron chi connectivity index (χ3n) is 1.90. The van der Waals surface area contributed by atoms with Crippen molar-refractivity contribution >= 4 is 0 Å². The second-order valence-corrected chi connectivity index (χ2v) is 3.30. The Morgan fingerprint density at radius 2 is 2.07 bits per heavy atom. The minimum atomic E-state index is 0.752. The zero-order valence-corrected chi connectivity index (χ0v) is 9.52. The topological polar surface area (TPSA) is 51.1 Å². The molecule has 0 saturated heterocycles. The number of nitriles is 1. The number of allylic oxidation sites excluding steroid dienone is 1. The molecule has 0 aliphatic carbocycles. The normalized spacial score (nSPS) is 12.0. The molecular weight excluding hydrogens is 176 g/mol. The summed E-state index contributed by atoms with van der Waals surface area (Å²) >= 11 is 0. The fourth-order valence-corrected chi connectivity index (χ4v) is 1.06. The van der Waals surface area contributed by atoms with Crippen molar-refractivity contribution in [1.29, 1.82) is 5.26 Å². The predicted molar refractivity (Wildman–Crippen MR) is 58.5 cm³/mol. The summed E-state index contributed by atoms with van der Waals surface area (Å²) in [4.78, 5) is 2.10. The monoisotopic (exact) mass is 196 g/mol.